The normalized spacial score (nSPS) is 13.9. The van der Waals surface area contributed by atoms with E-state index >= 15 is 0 Å². The highest BCUT2D eigenvalue weighted by atomic mass is 31.2. The molecule has 0 aromatic heterocycles. The SMILES string of the molecule is CCCCCCC/C=C\C/C=C\CCCCCCCCCCCCCCCCCCCCCCCCCCCC(=O)NC(COP(=O)([O-])OCC[N+](C)(C)C)C(O)/C=C/CC/C=C/CCCCCCCCCCCCCCCCC. The minimum absolute atomic E-state index is 0.00487. The summed E-state index contributed by atoms with van der Waals surface area (Å²) in [5, 5.41) is 13.9. The van der Waals surface area contributed by atoms with Crippen molar-refractivity contribution in [2.24, 2.45) is 0 Å². The Hall–Kier alpha value is -1.54. The van der Waals surface area contributed by atoms with Crippen LogP contribution in [0, 0.1) is 0 Å². The van der Waals surface area contributed by atoms with Crippen molar-refractivity contribution in [3.63, 3.8) is 0 Å². The highest BCUT2D eigenvalue weighted by Gasteiger charge is 2.23. The number of carbonyl (C=O) groups excluding carboxylic acids is 1. The van der Waals surface area contributed by atoms with E-state index in [1.807, 2.05) is 27.2 Å². The molecule has 0 spiro atoms. The number of aliphatic hydroxyl groups excluding tert-OH is 1. The lowest BCUT2D eigenvalue weighted by Gasteiger charge is -2.29. The van der Waals surface area contributed by atoms with Crippen LogP contribution in [-0.4, -0.2) is 68.5 Å². The van der Waals surface area contributed by atoms with E-state index in [0.29, 0.717) is 17.4 Å². The summed E-state index contributed by atoms with van der Waals surface area (Å²) in [6.07, 6.45) is 83.9. The first-order valence-corrected chi connectivity index (χ1v) is 36.5. The number of phosphoric ester groups is 1. The number of hydrogen-bond acceptors (Lipinski definition) is 6. The Bertz CT molecular complexity index is 1440. The zero-order chi connectivity index (χ0) is 58.4. The van der Waals surface area contributed by atoms with Gasteiger partial charge in [0.1, 0.15) is 13.2 Å². The number of rotatable bonds is 65. The number of hydrogen-bond donors (Lipinski definition) is 2. The molecule has 3 atom stereocenters. The summed E-state index contributed by atoms with van der Waals surface area (Å²) in [4.78, 5) is 25.6. The molecule has 0 aromatic carbocycles. The number of nitrogens with zero attached hydrogens (tertiary/aromatic N) is 1. The Morgan fingerprint density at radius 2 is 0.738 bits per heavy atom. The van der Waals surface area contributed by atoms with E-state index in [4.69, 9.17) is 9.05 Å². The van der Waals surface area contributed by atoms with Crippen molar-refractivity contribution in [2.45, 2.75) is 360 Å². The van der Waals surface area contributed by atoms with Crippen LogP contribution in [0.4, 0.5) is 0 Å². The van der Waals surface area contributed by atoms with Gasteiger partial charge in [0.25, 0.3) is 7.82 Å². The lowest BCUT2D eigenvalue weighted by atomic mass is 10.0. The molecule has 9 heteroatoms. The number of aliphatic hydroxyl groups is 1. The van der Waals surface area contributed by atoms with Gasteiger partial charge in [-0.15, -0.1) is 0 Å². The topological polar surface area (TPSA) is 108 Å². The van der Waals surface area contributed by atoms with Gasteiger partial charge in [0.2, 0.25) is 5.91 Å². The number of quaternary nitrogens is 1. The number of allylic oxidation sites excluding steroid dienone is 7. The zero-order valence-corrected chi connectivity index (χ0v) is 54.9. The first kappa shape index (κ1) is 78.5. The van der Waals surface area contributed by atoms with Gasteiger partial charge < -0.3 is 28.8 Å². The second-order valence-corrected chi connectivity index (χ2v) is 26.6. The van der Waals surface area contributed by atoms with E-state index in [1.54, 1.807) is 6.08 Å². The van der Waals surface area contributed by atoms with Crippen LogP contribution in [0.1, 0.15) is 348 Å². The van der Waals surface area contributed by atoms with Crippen LogP contribution in [0.3, 0.4) is 0 Å². The van der Waals surface area contributed by atoms with E-state index < -0.39 is 20.0 Å². The molecule has 80 heavy (non-hydrogen) atoms. The molecule has 0 aliphatic carbocycles. The van der Waals surface area contributed by atoms with Gasteiger partial charge in [0, 0.05) is 6.42 Å². The fourth-order valence-electron chi connectivity index (χ4n) is 10.6. The molecular weight excluding hydrogens is 1010 g/mol. The largest absolute Gasteiger partial charge is 0.756 e. The maximum absolute atomic E-state index is 13.0. The minimum atomic E-state index is -4.61. The van der Waals surface area contributed by atoms with Crippen LogP contribution >= 0.6 is 7.82 Å². The second kappa shape index (κ2) is 62.0. The lowest BCUT2D eigenvalue weighted by molar-refractivity contribution is -0.870. The summed E-state index contributed by atoms with van der Waals surface area (Å²) in [7, 11) is 1.26. The number of nitrogens with one attached hydrogen (secondary N) is 1. The molecule has 0 radical (unpaired) electrons. The Labute approximate surface area is 499 Å². The first-order chi connectivity index (χ1) is 39.0. The molecule has 0 aromatic rings. The van der Waals surface area contributed by atoms with E-state index in [1.165, 1.54) is 283 Å². The second-order valence-electron chi connectivity index (χ2n) is 25.2. The quantitative estimate of drug-likeness (QED) is 0.0272. The van der Waals surface area contributed by atoms with Crippen molar-refractivity contribution < 1.29 is 32.9 Å². The number of phosphoric acid groups is 1. The standard InChI is InChI=1S/C71H137N2O6P/c1-6-8-10-12-14-16-18-20-22-24-26-28-29-30-31-32-33-34-35-36-37-38-39-40-41-42-43-45-47-49-51-53-55-57-59-61-63-65-71(75)72-69(68-79-80(76,77)78-67-66-73(3,4)5)70(74)64-62-60-58-56-54-52-50-48-46-44-27-25-23-21-19-17-15-13-11-9-7-2/h18,20,24,26,54,56,62,64,69-70,74H,6-17,19,21-23,25,27-53,55,57-61,63,65-68H2,1-5H3,(H-,72,75,76,77)/b20-18-,26-24-,56-54+,64-62+. The molecule has 3 unspecified atom stereocenters. The maximum Gasteiger partial charge on any atom is 0.268 e. The molecule has 0 fully saturated rings. The Kier molecular flexibility index (Phi) is 60.8. The van der Waals surface area contributed by atoms with Crippen molar-refractivity contribution in [3.8, 4) is 0 Å². The number of unbranched alkanes of at least 4 members (excludes halogenated alkanes) is 46. The zero-order valence-electron chi connectivity index (χ0n) is 54.0. The van der Waals surface area contributed by atoms with Crippen LogP contribution in [0.2, 0.25) is 0 Å². The van der Waals surface area contributed by atoms with Crippen molar-refractivity contribution in [2.75, 3.05) is 40.9 Å². The average molecular weight is 1150 g/mol. The predicted molar refractivity (Wildman–Crippen MR) is 348 cm³/mol. The summed E-state index contributed by atoms with van der Waals surface area (Å²) in [5.41, 5.74) is 0. The molecular formula is C71H137N2O6P. The molecule has 472 valence electrons. The van der Waals surface area contributed by atoms with Crippen LogP contribution in [0.15, 0.2) is 48.6 Å². The molecule has 0 heterocycles. The molecule has 8 nitrogen and oxygen atoms in total. The molecule has 0 rings (SSSR count). The van der Waals surface area contributed by atoms with Crippen molar-refractivity contribution >= 4 is 13.7 Å². The number of amides is 1. The molecule has 0 aliphatic rings. The summed E-state index contributed by atoms with van der Waals surface area (Å²) in [6.45, 7) is 4.66. The van der Waals surface area contributed by atoms with Gasteiger partial charge in [0.05, 0.1) is 39.9 Å². The van der Waals surface area contributed by atoms with Crippen molar-refractivity contribution in [1.82, 2.24) is 5.32 Å². The fraction of sp³-hybridized carbons (Fsp3) is 0.873. The van der Waals surface area contributed by atoms with Gasteiger partial charge >= 0.3 is 0 Å². The maximum atomic E-state index is 13.0. The Morgan fingerprint density at radius 1 is 0.438 bits per heavy atom. The van der Waals surface area contributed by atoms with Crippen LogP contribution in [0.25, 0.3) is 0 Å². The minimum Gasteiger partial charge on any atom is -0.756 e. The highest BCUT2D eigenvalue weighted by Crippen LogP contribution is 2.38. The molecule has 0 saturated heterocycles. The molecule has 2 N–H and O–H groups in total. The summed E-state index contributed by atoms with van der Waals surface area (Å²) >= 11 is 0. The third-order valence-electron chi connectivity index (χ3n) is 16.0. The molecule has 0 bridgehead atoms. The van der Waals surface area contributed by atoms with Gasteiger partial charge in [-0.05, 0) is 64.2 Å². The molecule has 0 aliphatic heterocycles. The fourth-order valence-corrected chi connectivity index (χ4v) is 11.3. The van der Waals surface area contributed by atoms with Gasteiger partial charge in [-0.2, -0.15) is 0 Å². The van der Waals surface area contributed by atoms with Crippen LogP contribution in [0.5, 0.6) is 0 Å². The lowest BCUT2D eigenvalue weighted by Crippen LogP contribution is -2.45. The monoisotopic (exact) mass is 1150 g/mol. The summed E-state index contributed by atoms with van der Waals surface area (Å²) in [6, 6.07) is -0.903. The Morgan fingerprint density at radius 3 is 1.09 bits per heavy atom. The molecule has 0 saturated carbocycles. The van der Waals surface area contributed by atoms with Gasteiger partial charge in [-0.25, -0.2) is 0 Å². The number of likely N-dealkylation sites (N-methyl/N-ethyl adjacent to an activating group) is 1. The van der Waals surface area contributed by atoms with Crippen LogP contribution in [-0.2, 0) is 18.4 Å². The third-order valence-corrected chi connectivity index (χ3v) is 17.0. The summed E-state index contributed by atoms with van der Waals surface area (Å²) in [5.74, 6) is -0.200. The van der Waals surface area contributed by atoms with Crippen molar-refractivity contribution in [1.29, 1.82) is 0 Å². The van der Waals surface area contributed by atoms with E-state index in [2.05, 4.69) is 55.6 Å². The van der Waals surface area contributed by atoms with E-state index in [9.17, 15) is 19.4 Å². The summed E-state index contributed by atoms with van der Waals surface area (Å²) < 4.78 is 23.4. The van der Waals surface area contributed by atoms with Gasteiger partial charge in [0.15, 0.2) is 0 Å². The predicted octanol–water partition coefficient (Wildman–Crippen LogP) is 21.6. The molecule has 1 amide bonds. The van der Waals surface area contributed by atoms with Crippen LogP contribution < -0.4 is 10.2 Å². The van der Waals surface area contributed by atoms with Gasteiger partial charge in [-0.1, -0.05) is 326 Å². The Balaban J connectivity index is 3.99. The average Bonchev–Trinajstić information content (AvgIpc) is 3.42. The highest BCUT2D eigenvalue weighted by molar-refractivity contribution is 7.45. The van der Waals surface area contributed by atoms with E-state index in [-0.39, 0.29) is 19.1 Å². The van der Waals surface area contributed by atoms with Gasteiger partial charge in [-0.3, -0.25) is 9.36 Å². The third kappa shape index (κ3) is 64.0. The van der Waals surface area contributed by atoms with Crippen molar-refractivity contribution in [3.05, 3.63) is 48.6 Å². The smallest absolute Gasteiger partial charge is 0.268 e. The number of carbonyl (C=O) groups is 1. The van der Waals surface area contributed by atoms with E-state index in [0.717, 1.165) is 44.9 Å². The first-order valence-electron chi connectivity index (χ1n) is 35.0.